The fourth-order valence-corrected chi connectivity index (χ4v) is 2.20. The molecular formula is C13H12N2O. The summed E-state index contributed by atoms with van der Waals surface area (Å²) >= 11 is 0. The van der Waals surface area contributed by atoms with Crippen molar-refractivity contribution in [2.24, 2.45) is 4.99 Å². The maximum Gasteiger partial charge on any atom is 0.260 e. The van der Waals surface area contributed by atoms with E-state index in [1.54, 1.807) is 4.90 Å². The van der Waals surface area contributed by atoms with Gasteiger partial charge in [-0.1, -0.05) is 18.2 Å². The number of amides is 1. The summed E-state index contributed by atoms with van der Waals surface area (Å²) in [5, 5.41) is 0. The normalized spacial score (nSPS) is 18.5. The second-order valence-electron chi connectivity index (χ2n) is 4.16. The van der Waals surface area contributed by atoms with Crippen LogP contribution in [0, 0.1) is 0 Å². The van der Waals surface area contributed by atoms with E-state index in [0.29, 0.717) is 6.54 Å². The summed E-state index contributed by atoms with van der Waals surface area (Å²) in [5.74, 6) is 0.879. The number of anilines is 1. The molecule has 0 fully saturated rings. The zero-order valence-electron chi connectivity index (χ0n) is 9.32. The minimum atomic E-state index is 0.0587. The average molecular weight is 212 g/mol. The van der Waals surface area contributed by atoms with Crippen molar-refractivity contribution >= 4 is 17.4 Å². The van der Waals surface area contributed by atoms with Crippen LogP contribution in [0.1, 0.15) is 19.4 Å². The summed E-state index contributed by atoms with van der Waals surface area (Å²) < 4.78 is 0. The van der Waals surface area contributed by atoms with Crippen LogP contribution in [0.5, 0.6) is 0 Å². The molecule has 2 aliphatic rings. The van der Waals surface area contributed by atoms with Crippen molar-refractivity contribution in [3.05, 3.63) is 41.0 Å². The van der Waals surface area contributed by atoms with E-state index in [1.807, 2.05) is 38.1 Å². The number of para-hydroxylation sites is 1. The predicted molar refractivity (Wildman–Crippen MR) is 63.4 cm³/mol. The van der Waals surface area contributed by atoms with Gasteiger partial charge in [-0.15, -0.1) is 0 Å². The summed E-state index contributed by atoms with van der Waals surface area (Å²) in [7, 11) is 0. The largest absolute Gasteiger partial charge is 0.269 e. The van der Waals surface area contributed by atoms with Gasteiger partial charge in [0, 0.05) is 11.1 Å². The number of rotatable bonds is 0. The lowest BCUT2D eigenvalue weighted by Crippen LogP contribution is -2.34. The Labute approximate surface area is 94.1 Å². The van der Waals surface area contributed by atoms with Gasteiger partial charge in [-0.3, -0.25) is 14.7 Å². The number of hydrogen-bond acceptors (Lipinski definition) is 2. The number of fused-ring (bicyclic) bond motifs is 3. The van der Waals surface area contributed by atoms with E-state index in [-0.39, 0.29) is 5.91 Å². The number of nitrogens with zero attached hydrogens (tertiary/aromatic N) is 2. The molecule has 3 nitrogen and oxygen atoms in total. The zero-order valence-corrected chi connectivity index (χ0v) is 9.32. The molecule has 0 aromatic heterocycles. The smallest absolute Gasteiger partial charge is 0.260 e. The first-order valence-electron chi connectivity index (χ1n) is 5.35. The Bertz CT molecular complexity index is 555. The van der Waals surface area contributed by atoms with Crippen molar-refractivity contribution in [1.29, 1.82) is 0 Å². The molecule has 1 aromatic rings. The highest BCUT2D eigenvalue weighted by Gasteiger charge is 2.35. The monoisotopic (exact) mass is 212 g/mol. The fourth-order valence-electron chi connectivity index (χ4n) is 2.20. The second kappa shape index (κ2) is 3.04. The van der Waals surface area contributed by atoms with E-state index >= 15 is 0 Å². The number of carbonyl (C=O) groups excluding carboxylic acids is 1. The molecule has 1 amide bonds. The summed E-state index contributed by atoms with van der Waals surface area (Å²) in [5.41, 5.74) is 3.89. The molecule has 0 N–H and O–H groups in total. The average Bonchev–Trinajstić information content (AvgIpc) is 2.55. The topological polar surface area (TPSA) is 32.7 Å². The van der Waals surface area contributed by atoms with Gasteiger partial charge in [0.25, 0.3) is 5.91 Å². The van der Waals surface area contributed by atoms with Crippen LogP contribution in [0.3, 0.4) is 0 Å². The van der Waals surface area contributed by atoms with Crippen LogP contribution in [0.15, 0.2) is 40.4 Å². The Morgan fingerprint density at radius 2 is 1.94 bits per heavy atom. The molecule has 0 saturated carbocycles. The van der Waals surface area contributed by atoms with E-state index in [1.165, 1.54) is 0 Å². The van der Waals surface area contributed by atoms with Gasteiger partial charge in [-0.25, -0.2) is 0 Å². The minimum Gasteiger partial charge on any atom is -0.269 e. The van der Waals surface area contributed by atoms with Gasteiger partial charge in [0.15, 0.2) is 0 Å². The van der Waals surface area contributed by atoms with Crippen LogP contribution in [0.2, 0.25) is 0 Å². The van der Waals surface area contributed by atoms with Crippen LogP contribution in [-0.4, -0.2) is 11.7 Å². The lowest BCUT2D eigenvalue weighted by atomic mass is 10.1. The van der Waals surface area contributed by atoms with Gasteiger partial charge in [0.2, 0.25) is 0 Å². The fraction of sp³-hybridized carbons (Fsp3) is 0.231. The summed E-state index contributed by atoms with van der Waals surface area (Å²) in [6.45, 7) is 4.49. The molecule has 0 spiro atoms. The Balaban J connectivity index is 2.20. The van der Waals surface area contributed by atoms with Crippen molar-refractivity contribution in [1.82, 2.24) is 0 Å². The van der Waals surface area contributed by atoms with Gasteiger partial charge in [0.05, 0.1) is 12.2 Å². The first-order chi connectivity index (χ1) is 7.70. The Hall–Kier alpha value is -1.90. The van der Waals surface area contributed by atoms with Crippen molar-refractivity contribution in [3.8, 4) is 0 Å². The van der Waals surface area contributed by atoms with Crippen LogP contribution < -0.4 is 4.90 Å². The molecule has 0 aliphatic carbocycles. The van der Waals surface area contributed by atoms with Crippen LogP contribution in [0.25, 0.3) is 0 Å². The standard InChI is InChI=1S/C13H12N2O/c1-8-9(2)13(16)15-11-6-4-3-5-10(11)7-14-12(8)15/h3-6H,7H2,1-2H3. The van der Waals surface area contributed by atoms with Gasteiger partial charge in [0.1, 0.15) is 5.84 Å². The molecule has 3 rings (SSSR count). The third-order valence-corrected chi connectivity index (χ3v) is 3.27. The van der Waals surface area contributed by atoms with Crippen LogP contribution in [0.4, 0.5) is 5.69 Å². The van der Waals surface area contributed by atoms with Gasteiger partial charge >= 0.3 is 0 Å². The molecule has 16 heavy (non-hydrogen) atoms. The number of carbonyl (C=O) groups is 1. The van der Waals surface area contributed by atoms with E-state index in [0.717, 1.165) is 28.2 Å². The lowest BCUT2D eigenvalue weighted by molar-refractivity contribution is -0.114. The van der Waals surface area contributed by atoms with E-state index < -0.39 is 0 Å². The summed E-state index contributed by atoms with van der Waals surface area (Å²) in [6.07, 6.45) is 0. The van der Waals surface area contributed by atoms with Crippen molar-refractivity contribution in [2.75, 3.05) is 4.90 Å². The van der Waals surface area contributed by atoms with E-state index in [4.69, 9.17) is 0 Å². The number of benzene rings is 1. The molecule has 0 saturated heterocycles. The quantitative estimate of drug-likeness (QED) is 0.649. The Kier molecular flexibility index (Phi) is 1.78. The van der Waals surface area contributed by atoms with Crippen molar-refractivity contribution < 1.29 is 4.79 Å². The zero-order chi connectivity index (χ0) is 11.3. The Morgan fingerprint density at radius 3 is 2.75 bits per heavy atom. The number of aliphatic imine (C=N–C) groups is 1. The Morgan fingerprint density at radius 1 is 1.19 bits per heavy atom. The van der Waals surface area contributed by atoms with Crippen molar-refractivity contribution in [2.45, 2.75) is 20.4 Å². The third-order valence-electron chi connectivity index (χ3n) is 3.27. The third kappa shape index (κ3) is 1.03. The molecule has 80 valence electrons. The highest BCUT2D eigenvalue weighted by Crippen LogP contribution is 2.33. The molecule has 3 heteroatoms. The van der Waals surface area contributed by atoms with Gasteiger partial charge < -0.3 is 0 Å². The predicted octanol–water partition coefficient (Wildman–Crippen LogP) is 2.28. The molecule has 0 atom stereocenters. The molecular weight excluding hydrogens is 200 g/mol. The SMILES string of the molecule is CC1=C(C)C2=NCc3ccccc3N2C1=O. The van der Waals surface area contributed by atoms with Crippen LogP contribution >= 0.6 is 0 Å². The highest BCUT2D eigenvalue weighted by atomic mass is 16.2. The maximum atomic E-state index is 12.1. The number of amidine groups is 1. The molecule has 0 unspecified atom stereocenters. The van der Waals surface area contributed by atoms with E-state index in [9.17, 15) is 4.79 Å². The maximum absolute atomic E-state index is 12.1. The molecule has 1 aromatic carbocycles. The summed E-state index contributed by atoms with van der Waals surface area (Å²) in [4.78, 5) is 18.3. The molecule has 2 aliphatic heterocycles. The lowest BCUT2D eigenvalue weighted by Gasteiger charge is -2.25. The number of hydrogen-bond donors (Lipinski definition) is 0. The van der Waals surface area contributed by atoms with Crippen molar-refractivity contribution in [3.63, 3.8) is 0 Å². The molecule has 0 radical (unpaired) electrons. The highest BCUT2D eigenvalue weighted by molar-refractivity contribution is 6.35. The van der Waals surface area contributed by atoms with Gasteiger partial charge in [-0.05, 0) is 25.5 Å². The van der Waals surface area contributed by atoms with Gasteiger partial charge in [-0.2, -0.15) is 0 Å². The summed E-state index contributed by atoms with van der Waals surface area (Å²) in [6, 6.07) is 7.94. The first-order valence-corrected chi connectivity index (χ1v) is 5.35. The first kappa shape index (κ1) is 9.33. The second-order valence-corrected chi connectivity index (χ2v) is 4.16. The molecule has 0 bridgehead atoms. The molecule has 2 heterocycles. The van der Waals surface area contributed by atoms with Crippen LogP contribution in [-0.2, 0) is 11.3 Å². The minimum absolute atomic E-state index is 0.0587. The van der Waals surface area contributed by atoms with E-state index in [2.05, 4.69) is 4.99 Å².